The second-order valence-corrected chi connectivity index (χ2v) is 7.73. The van der Waals surface area contributed by atoms with E-state index in [0.29, 0.717) is 16.8 Å². The molecule has 1 unspecified atom stereocenters. The lowest BCUT2D eigenvalue weighted by Crippen LogP contribution is -2.38. The molecule has 2 fully saturated rings. The summed E-state index contributed by atoms with van der Waals surface area (Å²) in [7, 11) is 0. The predicted molar refractivity (Wildman–Crippen MR) is 108 cm³/mol. The molecule has 1 atom stereocenters. The zero-order valence-corrected chi connectivity index (χ0v) is 16.2. The van der Waals surface area contributed by atoms with E-state index >= 15 is 0 Å². The maximum Gasteiger partial charge on any atom is 0.260 e. The lowest BCUT2D eigenvalue weighted by molar-refractivity contribution is -0.132. The molecule has 0 aromatic heterocycles. The molecule has 0 bridgehead atoms. The Bertz CT molecular complexity index is 790. The summed E-state index contributed by atoms with van der Waals surface area (Å²) >= 11 is 6.38. The Morgan fingerprint density at radius 3 is 2.56 bits per heavy atom. The van der Waals surface area contributed by atoms with Gasteiger partial charge in [0.25, 0.3) is 5.91 Å². The van der Waals surface area contributed by atoms with Crippen LogP contribution < -0.4 is 4.74 Å². The Labute approximate surface area is 165 Å². The van der Waals surface area contributed by atoms with E-state index in [9.17, 15) is 4.79 Å². The Hall–Kier alpha value is -2.04. The molecular formula is C22H25ClN2O2. The van der Waals surface area contributed by atoms with E-state index in [1.165, 1.54) is 25.9 Å². The first kappa shape index (κ1) is 18.3. The van der Waals surface area contributed by atoms with Crippen molar-refractivity contribution >= 4 is 17.5 Å². The molecule has 142 valence electrons. The number of nitrogens with zero attached hydrogens (tertiary/aromatic N) is 2. The Morgan fingerprint density at radius 1 is 1.04 bits per heavy atom. The molecule has 1 amide bonds. The van der Waals surface area contributed by atoms with Gasteiger partial charge in [-0.2, -0.15) is 0 Å². The van der Waals surface area contributed by atoms with Crippen LogP contribution in [0, 0.1) is 0 Å². The number of hydrogen-bond donors (Lipinski definition) is 0. The summed E-state index contributed by atoms with van der Waals surface area (Å²) in [6, 6.07) is 16.3. The molecule has 4 rings (SSSR count). The van der Waals surface area contributed by atoms with E-state index in [0.717, 1.165) is 30.6 Å². The summed E-state index contributed by atoms with van der Waals surface area (Å²) in [5.41, 5.74) is 2.14. The van der Waals surface area contributed by atoms with Gasteiger partial charge in [0.05, 0.1) is 5.02 Å². The van der Waals surface area contributed by atoms with Gasteiger partial charge in [-0.15, -0.1) is 0 Å². The van der Waals surface area contributed by atoms with Gasteiger partial charge in [-0.3, -0.25) is 9.69 Å². The molecule has 0 saturated carbocycles. The van der Waals surface area contributed by atoms with Crippen LogP contribution in [-0.4, -0.2) is 54.5 Å². The van der Waals surface area contributed by atoms with Crippen molar-refractivity contribution in [3.63, 3.8) is 0 Å². The SMILES string of the molecule is O=C(COc1ccc(-c2ccccc2)cc1Cl)N1CCC(N2CCCC2)C1. The minimum absolute atomic E-state index is 0.0388. The van der Waals surface area contributed by atoms with Gasteiger partial charge in [-0.25, -0.2) is 0 Å². The second kappa shape index (κ2) is 8.32. The molecule has 2 saturated heterocycles. The number of carbonyl (C=O) groups excluding carboxylic acids is 1. The van der Waals surface area contributed by atoms with Gasteiger partial charge in [0.1, 0.15) is 5.75 Å². The highest BCUT2D eigenvalue weighted by molar-refractivity contribution is 6.32. The molecule has 27 heavy (non-hydrogen) atoms. The number of ether oxygens (including phenoxy) is 1. The van der Waals surface area contributed by atoms with Gasteiger partial charge in [-0.1, -0.05) is 48.0 Å². The van der Waals surface area contributed by atoms with Crippen LogP contribution in [0.3, 0.4) is 0 Å². The van der Waals surface area contributed by atoms with Crippen molar-refractivity contribution in [3.05, 3.63) is 53.6 Å². The highest BCUT2D eigenvalue weighted by Gasteiger charge is 2.31. The standard InChI is InChI=1S/C22H25ClN2O2/c23-20-14-18(17-6-2-1-3-7-17)8-9-21(20)27-16-22(26)25-13-10-19(15-25)24-11-4-5-12-24/h1-3,6-9,14,19H,4-5,10-13,15-16H2. The van der Waals surface area contributed by atoms with Gasteiger partial charge < -0.3 is 9.64 Å². The molecule has 0 N–H and O–H groups in total. The van der Waals surface area contributed by atoms with Crippen molar-refractivity contribution in [1.82, 2.24) is 9.80 Å². The molecule has 0 aliphatic carbocycles. The largest absolute Gasteiger partial charge is 0.482 e. The van der Waals surface area contributed by atoms with Crippen molar-refractivity contribution in [1.29, 1.82) is 0 Å². The quantitative estimate of drug-likeness (QED) is 0.778. The van der Waals surface area contributed by atoms with Gasteiger partial charge in [0.2, 0.25) is 0 Å². The second-order valence-electron chi connectivity index (χ2n) is 7.33. The van der Waals surface area contributed by atoms with Crippen molar-refractivity contribution < 1.29 is 9.53 Å². The van der Waals surface area contributed by atoms with Crippen LogP contribution in [-0.2, 0) is 4.79 Å². The van der Waals surface area contributed by atoms with E-state index in [2.05, 4.69) is 4.90 Å². The van der Waals surface area contributed by atoms with E-state index in [4.69, 9.17) is 16.3 Å². The monoisotopic (exact) mass is 384 g/mol. The van der Waals surface area contributed by atoms with E-state index in [-0.39, 0.29) is 12.5 Å². The summed E-state index contributed by atoms with van der Waals surface area (Å²) in [4.78, 5) is 17.0. The van der Waals surface area contributed by atoms with Gasteiger partial charge in [-0.05, 0) is 55.6 Å². The molecule has 2 aliphatic heterocycles. The number of benzene rings is 2. The molecule has 4 nitrogen and oxygen atoms in total. The molecule has 0 radical (unpaired) electrons. The first-order chi connectivity index (χ1) is 13.2. The third kappa shape index (κ3) is 4.28. The Morgan fingerprint density at radius 2 is 1.81 bits per heavy atom. The molecule has 5 heteroatoms. The minimum Gasteiger partial charge on any atom is -0.482 e. The van der Waals surface area contributed by atoms with Crippen molar-refractivity contribution in [3.8, 4) is 16.9 Å². The van der Waals surface area contributed by atoms with Crippen molar-refractivity contribution in [2.45, 2.75) is 25.3 Å². The molecule has 2 aliphatic rings. The summed E-state index contributed by atoms with van der Waals surface area (Å²) in [5, 5.41) is 0.528. The van der Waals surface area contributed by atoms with Crippen LogP contribution in [0.25, 0.3) is 11.1 Å². The maximum absolute atomic E-state index is 12.5. The molecule has 0 spiro atoms. The van der Waals surface area contributed by atoms with Gasteiger partial charge in [0, 0.05) is 19.1 Å². The number of likely N-dealkylation sites (tertiary alicyclic amines) is 2. The van der Waals surface area contributed by atoms with Crippen LogP contribution in [0.2, 0.25) is 5.02 Å². The summed E-state index contributed by atoms with van der Waals surface area (Å²) < 4.78 is 5.73. The fraction of sp³-hybridized carbons (Fsp3) is 0.409. The zero-order valence-electron chi connectivity index (χ0n) is 15.4. The van der Waals surface area contributed by atoms with Crippen LogP contribution in [0.1, 0.15) is 19.3 Å². The smallest absolute Gasteiger partial charge is 0.260 e. The van der Waals surface area contributed by atoms with E-state index in [1.54, 1.807) is 0 Å². The third-order valence-electron chi connectivity index (χ3n) is 5.56. The highest BCUT2D eigenvalue weighted by atomic mass is 35.5. The first-order valence-electron chi connectivity index (χ1n) is 9.70. The zero-order chi connectivity index (χ0) is 18.6. The lowest BCUT2D eigenvalue weighted by atomic mass is 10.1. The highest BCUT2D eigenvalue weighted by Crippen LogP contribution is 2.30. The Kier molecular flexibility index (Phi) is 5.65. The van der Waals surface area contributed by atoms with Gasteiger partial charge in [0.15, 0.2) is 6.61 Å². The predicted octanol–water partition coefficient (Wildman–Crippen LogP) is 4.08. The average Bonchev–Trinajstić information content (AvgIpc) is 3.39. The van der Waals surface area contributed by atoms with Crippen molar-refractivity contribution in [2.75, 3.05) is 32.8 Å². The topological polar surface area (TPSA) is 32.8 Å². The fourth-order valence-electron chi connectivity index (χ4n) is 4.03. The van der Waals surface area contributed by atoms with Crippen molar-refractivity contribution in [2.24, 2.45) is 0 Å². The molecule has 2 aromatic rings. The maximum atomic E-state index is 12.5. The summed E-state index contributed by atoms with van der Waals surface area (Å²) in [6.45, 7) is 4.03. The summed E-state index contributed by atoms with van der Waals surface area (Å²) in [6.07, 6.45) is 3.63. The van der Waals surface area contributed by atoms with Crippen LogP contribution in [0.15, 0.2) is 48.5 Å². The number of rotatable bonds is 5. The minimum atomic E-state index is 0.0388. The van der Waals surface area contributed by atoms with Crippen LogP contribution in [0.4, 0.5) is 0 Å². The van der Waals surface area contributed by atoms with Gasteiger partial charge >= 0.3 is 0 Å². The molecular weight excluding hydrogens is 360 g/mol. The molecule has 2 aromatic carbocycles. The number of amides is 1. The fourth-order valence-corrected chi connectivity index (χ4v) is 4.27. The number of hydrogen-bond acceptors (Lipinski definition) is 3. The molecule has 2 heterocycles. The van der Waals surface area contributed by atoms with E-state index < -0.39 is 0 Å². The van der Waals surface area contributed by atoms with Crippen LogP contribution >= 0.6 is 11.6 Å². The average molecular weight is 385 g/mol. The Balaban J connectivity index is 1.32. The number of carbonyl (C=O) groups is 1. The van der Waals surface area contributed by atoms with Crippen LogP contribution in [0.5, 0.6) is 5.75 Å². The van der Waals surface area contributed by atoms with E-state index in [1.807, 2.05) is 53.4 Å². The summed E-state index contributed by atoms with van der Waals surface area (Å²) in [5.74, 6) is 0.597. The number of halogens is 1. The normalized spacial score (nSPS) is 20.2. The third-order valence-corrected chi connectivity index (χ3v) is 5.86. The lowest BCUT2D eigenvalue weighted by Gasteiger charge is -2.23. The first-order valence-corrected chi connectivity index (χ1v) is 10.1.